The quantitative estimate of drug-likeness (QED) is 0.795. The van der Waals surface area contributed by atoms with E-state index in [0.717, 1.165) is 24.4 Å². The topological polar surface area (TPSA) is 47.6 Å². The molecule has 4 heteroatoms. The van der Waals surface area contributed by atoms with Crippen LogP contribution in [0.1, 0.15) is 18.9 Å². The molecule has 4 nitrogen and oxygen atoms in total. The summed E-state index contributed by atoms with van der Waals surface area (Å²) in [5.41, 5.74) is 1.12. The summed E-state index contributed by atoms with van der Waals surface area (Å²) in [4.78, 5) is 11.2. The highest BCUT2D eigenvalue weighted by molar-refractivity contribution is 5.87. The number of hydrogen-bond donors (Lipinski definition) is 1. The van der Waals surface area contributed by atoms with Crippen molar-refractivity contribution < 1.29 is 14.3 Å². The van der Waals surface area contributed by atoms with Crippen molar-refractivity contribution in [2.75, 3.05) is 20.3 Å². The van der Waals surface area contributed by atoms with Gasteiger partial charge in [-0.05, 0) is 23.4 Å². The second kappa shape index (κ2) is 7.64. The zero-order chi connectivity index (χ0) is 15.1. The van der Waals surface area contributed by atoms with Gasteiger partial charge in [0.1, 0.15) is 5.75 Å². The van der Waals surface area contributed by atoms with E-state index in [2.05, 4.69) is 29.1 Å². The molecular formula is C17H21NO3. The molecule has 1 N–H and O–H groups in total. The minimum atomic E-state index is -0.260. The minimum Gasteiger partial charge on any atom is -0.493 e. The fourth-order valence-electron chi connectivity index (χ4n) is 2.23. The van der Waals surface area contributed by atoms with E-state index in [1.54, 1.807) is 0 Å². The van der Waals surface area contributed by atoms with Crippen LogP contribution >= 0.6 is 0 Å². The van der Waals surface area contributed by atoms with E-state index < -0.39 is 0 Å². The van der Waals surface area contributed by atoms with Crippen LogP contribution in [0.3, 0.4) is 0 Å². The maximum atomic E-state index is 11.2. The summed E-state index contributed by atoms with van der Waals surface area (Å²) in [5, 5.41) is 5.70. The van der Waals surface area contributed by atoms with Crippen molar-refractivity contribution in [3.63, 3.8) is 0 Å². The van der Waals surface area contributed by atoms with Gasteiger partial charge in [-0.15, -0.1) is 0 Å². The van der Waals surface area contributed by atoms with Crippen molar-refractivity contribution in [1.82, 2.24) is 5.32 Å². The highest BCUT2D eigenvalue weighted by atomic mass is 16.5. The second-order valence-corrected chi connectivity index (χ2v) is 4.72. The number of rotatable bonds is 7. The number of nitrogens with one attached hydrogen (secondary N) is 1. The minimum absolute atomic E-state index is 0.254. The average molecular weight is 287 g/mol. The Morgan fingerprint density at radius 2 is 2.00 bits per heavy atom. The molecule has 0 aliphatic rings. The zero-order valence-corrected chi connectivity index (χ0v) is 12.5. The van der Waals surface area contributed by atoms with Crippen LogP contribution in [-0.2, 0) is 16.1 Å². The third-order valence-electron chi connectivity index (χ3n) is 3.34. The van der Waals surface area contributed by atoms with Crippen LogP contribution in [-0.4, -0.2) is 26.2 Å². The van der Waals surface area contributed by atoms with Gasteiger partial charge < -0.3 is 14.8 Å². The summed E-state index contributed by atoms with van der Waals surface area (Å²) in [7, 11) is 1.38. The third-order valence-corrected chi connectivity index (χ3v) is 3.34. The normalized spacial score (nSPS) is 10.6. The summed E-state index contributed by atoms with van der Waals surface area (Å²) >= 11 is 0. The van der Waals surface area contributed by atoms with Gasteiger partial charge in [-0.1, -0.05) is 37.3 Å². The first-order valence-electron chi connectivity index (χ1n) is 7.17. The van der Waals surface area contributed by atoms with Crippen molar-refractivity contribution in [2.45, 2.75) is 19.9 Å². The van der Waals surface area contributed by atoms with Crippen LogP contribution in [0.25, 0.3) is 10.8 Å². The molecule has 2 rings (SSSR count). The van der Waals surface area contributed by atoms with Gasteiger partial charge in [0.05, 0.1) is 20.1 Å². The Balaban J connectivity index is 2.22. The molecule has 0 saturated heterocycles. The summed E-state index contributed by atoms with van der Waals surface area (Å²) in [6.45, 7) is 4.03. The standard InChI is InChI=1S/C17H21NO3/c1-3-18-12-15-14-7-5-4-6-13(14)8-9-16(15)21-11-10-17(19)20-2/h4-9,18H,3,10-12H2,1-2H3. The second-order valence-electron chi connectivity index (χ2n) is 4.72. The number of ether oxygens (including phenoxy) is 2. The summed E-state index contributed by atoms with van der Waals surface area (Å²) in [6.07, 6.45) is 0.254. The lowest BCUT2D eigenvalue weighted by atomic mass is 10.0. The highest BCUT2D eigenvalue weighted by Crippen LogP contribution is 2.28. The molecule has 0 radical (unpaired) electrons. The van der Waals surface area contributed by atoms with Gasteiger partial charge in [0.2, 0.25) is 0 Å². The molecule has 0 aliphatic heterocycles. The van der Waals surface area contributed by atoms with Crippen molar-refractivity contribution in [1.29, 1.82) is 0 Å². The smallest absolute Gasteiger partial charge is 0.308 e. The number of benzene rings is 2. The van der Waals surface area contributed by atoms with Crippen LogP contribution in [0.5, 0.6) is 5.75 Å². The fraction of sp³-hybridized carbons (Fsp3) is 0.353. The first kappa shape index (κ1) is 15.3. The monoisotopic (exact) mass is 287 g/mol. The van der Waals surface area contributed by atoms with Crippen LogP contribution in [0.2, 0.25) is 0 Å². The van der Waals surface area contributed by atoms with E-state index >= 15 is 0 Å². The van der Waals surface area contributed by atoms with E-state index in [-0.39, 0.29) is 12.4 Å². The number of fused-ring (bicyclic) bond motifs is 1. The van der Waals surface area contributed by atoms with E-state index in [0.29, 0.717) is 6.61 Å². The van der Waals surface area contributed by atoms with Crippen molar-refractivity contribution in [2.24, 2.45) is 0 Å². The first-order valence-corrected chi connectivity index (χ1v) is 7.17. The molecule has 0 aromatic heterocycles. The third kappa shape index (κ3) is 3.95. The molecular weight excluding hydrogens is 266 g/mol. The van der Waals surface area contributed by atoms with Crippen LogP contribution in [0.15, 0.2) is 36.4 Å². The van der Waals surface area contributed by atoms with E-state index in [1.165, 1.54) is 17.9 Å². The Kier molecular flexibility index (Phi) is 5.58. The van der Waals surface area contributed by atoms with E-state index in [1.807, 2.05) is 24.3 Å². The lowest BCUT2D eigenvalue weighted by Crippen LogP contribution is -2.14. The van der Waals surface area contributed by atoms with E-state index in [9.17, 15) is 4.79 Å². The summed E-state index contributed by atoms with van der Waals surface area (Å²) < 4.78 is 10.4. The van der Waals surface area contributed by atoms with Gasteiger partial charge in [0.15, 0.2) is 0 Å². The molecule has 0 aliphatic carbocycles. The maximum Gasteiger partial charge on any atom is 0.308 e. The number of hydrogen-bond acceptors (Lipinski definition) is 4. The van der Waals surface area contributed by atoms with Crippen molar-refractivity contribution >= 4 is 16.7 Å². The molecule has 0 spiro atoms. The predicted molar refractivity (Wildman–Crippen MR) is 83.5 cm³/mol. The number of carbonyl (C=O) groups is 1. The molecule has 112 valence electrons. The number of carbonyl (C=O) groups excluding carboxylic acids is 1. The SMILES string of the molecule is CCNCc1c(OCCC(=O)OC)ccc2ccccc12. The van der Waals surface area contributed by atoms with Gasteiger partial charge >= 0.3 is 5.97 Å². The molecule has 2 aromatic rings. The van der Waals surface area contributed by atoms with Crippen molar-refractivity contribution in [3.8, 4) is 5.75 Å². The molecule has 0 atom stereocenters. The largest absolute Gasteiger partial charge is 0.493 e. The van der Waals surface area contributed by atoms with Gasteiger partial charge in [0, 0.05) is 12.1 Å². The zero-order valence-electron chi connectivity index (χ0n) is 12.5. The Hall–Kier alpha value is -2.07. The average Bonchev–Trinajstić information content (AvgIpc) is 2.53. The maximum absolute atomic E-state index is 11.2. The molecule has 0 heterocycles. The van der Waals surface area contributed by atoms with Crippen LogP contribution < -0.4 is 10.1 Å². The molecule has 0 amide bonds. The molecule has 0 bridgehead atoms. The molecule has 0 unspecified atom stereocenters. The van der Waals surface area contributed by atoms with E-state index in [4.69, 9.17) is 4.74 Å². The van der Waals surface area contributed by atoms with Gasteiger partial charge in [-0.25, -0.2) is 0 Å². The lowest BCUT2D eigenvalue weighted by Gasteiger charge is -2.14. The Morgan fingerprint density at radius 3 is 2.76 bits per heavy atom. The van der Waals surface area contributed by atoms with Crippen LogP contribution in [0.4, 0.5) is 0 Å². The fourth-order valence-corrected chi connectivity index (χ4v) is 2.23. The lowest BCUT2D eigenvalue weighted by molar-refractivity contribution is -0.141. The van der Waals surface area contributed by atoms with Gasteiger partial charge in [-0.2, -0.15) is 0 Å². The number of methoxy groups -OCH3 is 1. The highest BCUT2D eigenvalue weighted by Gasteiger charge is 2.09. The summed E-state index contributed by atoms with van der Waals surface area (Å²) in [6, 6.07) is 12.2. The molecule has 0 fully saturated rings. The Bertz CT molecular complexity index is 610. The molecule has 21 heavy (non-hydrogen) atoms. The van der Waals surface area contributed by atoms with Crippen LogP contribution in [0, 0.1) is 0 Å². The summed E-state index contributed by atoms with van der Waals surface area (Å²) in [5.74, 6) is 0.558. The first-order chi connectivity index (χ1) is 10.3. The Morgan fingerprint density at radius 1 is 1.19 bits per heavy atom. The molecule has 0 saturated carbocycles. The van der Waals surface area contributed by atoms with Gasteiger partial charge in [0.25, 0.3) is 0 Å². The molecule has 2 aromatic carbocycles. The van der Waals surface area contributed by atoms with Gasteiger partial charge in [-0.3, -0.25) is 4.79 Å². The Labute approximate surface area is 125 Å². The van der Waals surface area contributed by atoms with Crippen molar-refractivity contribution in [3.05, 3.63) is 42.0 Å². The predicted octanol–water partition coefficient (Wildman–Crippen LogP) is 2.89. The number of esters is 1.